The first-order valence-corrected chi connectivity index (χ1v) is 16.7. The number of hydrazine groups is 1. The number of benzene rings is 1. The van der Waals surface area contributed by atoms with E-state index in [9.17, 15) is 9.59 Å². The number of carbonyl (C=O) groups excluding carboxylic acids is 2. The third-order valence-corrected chi connectivity index (χ3v) is 8.74. The van der Waals surface area contributed by atoms with Gasteiger partial charge in [-0.3, -0.25) is 0 Å². The van der Waals surface area contributed by atoms with E-state index in [-0.39, 0.29) is 15.8 Å². The van der Waals surface area contributed by atoms with E-state index in [1.54, 1.807) is 20.2 Å². The van der Waals surface area contributed by atoms with Crippen molar-refractivity contribution in [3.8, 4) is 5.75 Å². The van der Waals surface area contributed by atoms with Gasteiger partial charge in [0.15, 0.2) is 0 Å². The van der Waals surface area contributed by atoms with Crippen molar-refractivity contribution in [3.63, 3.8) is 0 Å². The number of amides is 1. The molecule has 36 heavy (non-hydrogen) atoms. The maximum atomic E-state index is 12.4. The summed E-state index contributed by atoms with van der Waals surface area (Å²) in [6.07, 6.45) is 22.7. The molecule has 0 fully saturated rings. The molecule has 1 radical (unpaired) electrons. The Hall–Kier alpha value is -1.32. The third kappa shape index (κ3) is 18.9. The molecule has 1 aromatic carbocycles. The van der Waals surface area contributed by atoms with Crippen molar-refractivity contribution in [2.45, 2.75) is 128 Å². The molecule has 0 atom stereocenters. The zero-order chi connectivity index (χ0) is 26.3. The number of aryl methyl sites for hydroxylation is 1. The molecule has 6 heteroatoms. The average molecular weight is 564 g/mol. The number of rotatable bonds is 23. The van der Waals surface area contributed by atoms with Crippen LogP contribution in [0.5, 0.6) is 5.75 Å². The number of para-hydroxylation sites is 1. The molecule has 0 unspecified atom stereocenters. The van der Waals surface area contributed by atoms with E-state index in [2.05, 4.69) is 12.3 Å². The Morgan fingerprint density at radius 1 is 0.778 bits per heavy atom. The monoisotopic (exact) mass is 563 g/mol. The summed E-state index contributed by atoms with van der Waals surface area (Å²) in [6, 6.07) is 7.46. The summed E-state index contributed by atoms with van der Waals surface area (Å²) in [7, 11) is 3.46. The van der Waals surface area contributed by atoms with E-state index in [4.69, 9.17) is 4.74 Å². The number of nitrogens with zero attached hydrogens (tertiary/aromatic N) is 1. The first-order valence-electron chi connectivity index (χ1n) is 14.5. The second kappa shape index (κ2) is 22.8. The Balaban J connectivity index is 1.96. The fourth-order valence-electron chi connectivity index (χ4n) is 4.30. The Morgan fingerprint density at radius 2 is 1.28 bits per heavy atom. The molecule has 0 heterocycles. The SMILES string of the molecule is CCCCCCCCCCCCCCCCCC[As]C(=O)CCc1ccccc1OC(=O)NN(C)C. The fourth-order valence-corrected chi connectivity index (χ4v) is 6.19. The standard InChI is InChI=1S/C30H52AsN2O3/c1-4-5-6-7-8-9-10-11-12-13-14-15-16-17-18-21-26-31-29(34)25-24-27-22-19-20-23-28(27)36-30(35)32-33(2)3/h19-20,22-23H,4-18,21,24-26H2,1-3H3,(H,32,35). The molecule has 0 aromatic heterocycles. The molecule has 0 saturated carbocycles. The minimum atomic E-state index is -0.520. The topological polar surface area (TPSA) is 58.6 Å². The van der Waals surface area contributed by atoms with Crippen LogP contribution in [0.4, 0.5) is 4.79 Å². The van der Waals surface area contributed by atoms with Crippen molar-refractivity contribution < 1.29 is 14.3 Å². The van der Waals surface area contributed by atoms with Gasteiger partial charge in [-0.1, -0.05) is 39.0 Å². The summed E-state index contributed by atoms with van der Waals surface area (Å²) in [5.41, 5.74) is 3.47. The van der Waals surface area contributed by atoms with Crippen LogP contribution >= 0.6 is 0 Å². The number of ether oxygens (including phenoxy) is 1. The fraction of sp³-hybridized carbons (Fsp3) is 0.733. The molecule has 0 aliphatic heterocycles. The van der Waals surface area contributed by atoms with E-state index >= 15 is 0 Å². The number of carbonyl (C=O) groups is 2. The first-order chi connectivity index (χ1) is 17.5. The van der Waals surface area contributed by atoms with Crippen molar-refractivity contribution in [1.82, 2.24) is 10.4 Å². The maximum absolute atomic E-state index is 12.4. The van der Waals surface area contributed by atoms with Gasteiger partial charge in [0.05, 0.1) is 0 Å². The molecular weight excluding hydrogens is 511 g/mol. The van der Waals surface area contributed by atoms with Gasteiger partial charge in [-0.15, -0.1) is 0 Å². The summed E-state index contributed by atoms with van der Waals surface area (Å²) in [5.74, 6) is 0.527. The van der Waals surface area contributed by atoms with Gasteiger partial charge in [0, 0.05) is 0 Å². The second-order valence-electron chi connectivity index (χ2n) is 10.1. The van der Waals surface area contributed by atoms with Crippen LogP contribution in [0, 0.1) is 0 Å². The number of unbranched alkanes of at least 4 members (excludes halogenated alkanes) is 15. The van der Waals surface area contributed by atoms with Crippen LogP contribution in [0.15, 0.2) is 24.3 Å². The Bertz CT molecular complexity index is 697. The van der Waals surface area contributed by atoms with Gasteiger partial charge in [-0.05, 0) is 0 Å². The van der Waals surface area contributed by atoms with Crippen LogP contribution < -0.4 is 10.2 Å². The van der Waals surface area contributed by atoms with Gasteiger partial charge < -0.3 is 0 Å². The van der Waals surface area contributed by atoms with Gasteiger partial charge in [0.2, 0.25) is 0 Å². The van der Waals surface area contributed by atoms with Gasteiger partial charge in [-0.2, -0.15) is 0 Å². The van der Waals surface area contributed by atoms with Crippen LogP contribution in [-0.2, 0) is 11.2 Å². The summed E-state index contributed by atoms with van der Waals surface area (Å²) in [5, 5.41) is 2.62. The molecular formula is C30H52AsN2O3. The minimum absolute atomic E-state index is 0.232. The van der Waals surface area contributed by atoms with Crippen molar-refractivity contribution in [1.29, 1.82) is 0 Å². The first kappa shape index (κ1) is 32.7. The van der Waals surface area contributed by atoms with Crippen molar-refractivity contribution in [2.75, 3.05) is 14.1 Å². The molecule has 5 nitrogen and oxygen atoms in total. The van der Waals surface area contributed by atoms with Gasteiger partial charge >= 0.3 is 190 Å². The molecule has 205 valence electrons. The van der Waals surface area contributed by atoms with Crippen LogP contribution in [0.1, 0.15) is 122 Å². The summed E-state index contributed by atoms with van der Waals surface area (Å²) >= 11 is -0.232. The Morgan fingerprint density at radius 3 is 1.81 bits per heavy atom. The third-order valence-electron chi connectivity index (χ3n) is 6.40. The molecule has 0 aliphatic carbocycles. The van der Waals surface area contributed by atoms with E-state index in [0.29, 0.717) is 23.2 Å². The second-order valence-corrected chi connectivity index (χ2v) is 12.7. The summed E-state index contributed by atoms with van der Waals surface area (Å²) in [4.78, 5) is 24.2. The van der Waals surface area contributed by atoms with Crippen LogP contribution in [0.2, 0.25) is 5.21 Å². The normalized spacial score (nSPS) is 11.4. The molecule has 1 N–H and O–H groups in total. The van der Waals surface area contributed by atoms with E-state index in [1.807, 2.05) is 18.2 Å². The predicted molar refractivity (Wildman–Crippen MR) is 153 cm³/mol. The van der Waals surface area contributed by atoms with Crippen molar-refractivity contribution in [3.05, 3.63) is 29.8 Å². The van der Waals surface area contributed by atoms with Gasteiger partial charge in [0.1, 0.15) is 0 Å². The quantitative estimate of drug-likeness (QED) is 0.0831. The Labute approximate surface area is 228 Å². The molecule has 1 aromatic rings. The van der Waals surface area contributed by atoms with E-state index < -0.39 is 6.09 Å². The average Bonchev–Trinajstić information content (AvgIpc) is 2.85. The molecule has 0 spiro atoms. The molecule has 0 bridgehead atoms. The van der Waals surface area contributed by atoms with Crippen LogP contribution in [0.3, 0.4) is 0 Å². The van der Waals surface area contributed by atoms with Gasteiger partial charge in [-0.25, -0.2) is 0 Å². The van der Waals surface area contributed by atoms with E-state index in [0.717, 1.165) is 10.8 Å². The molecule has 1 rings (SSSR count). The van der Waals surface area contributed by atoms with E-state index in [1.165, 1.54) is 108 Å². The predicted octanol–water partition coefficient (Wildman–Crippen LogP) is 8.09. The molecule has 0 saturated heterocycles. The number of nitrogens with one attached hydrogen (secondary N) is 1. The zero-order valence-electron chi connectivity index (χ0n) is 23.4. The van der Waals surface area contributed by atoms with Gasteiger partial charge in [0.25, 0.3) is 0 Å². The van der Waals surface area contributed by atoms with Crippen LogP contribution in [0.25, 0.3) is 0 Å². The number of hydrogen-bond donors (Lipinski definition) is 1. The molecule has 1 amide bonds. The summed E-state index contributed by atoms with van der Waals surface area (Å²) in [6.45, 7) is 2.28. The number of hydrogen-bond acceptors (Lipinski definition) is 4. The van der Waals surface area contributed by atoms with Crippen molar-refractivity contribution >= 4 is 26.4 Å². The van der Waals surface area contributed by atoms with Crippen molar-refractivity contribution in [2.24, 2.45) is 0 Å². The van der Waals surface area contributed by atoms with Crippen LogP contribution in [-0.4, -0.2) is 45.5 Å². The summed E-state index contributed by atoms with van der Waals surface area (Å²) < 4.78 is 5.78. The molecule has 0 aliphatic rings. The zero-order valence-corrected chi connectivity index (χ0v) is 25.2. The Kier molecular flexibility index (Phi) is 20.8.